The van der Waals surface area contributed by atoms with Gasteiger partial charge in [-0.2, -0.15) is 0 Å². The van der Waals surface area contributed by atoms with Crippen LogP contribution in [0.1, 0.15) is 24.2 Å². The minimum Gasteiger partial charge on any atom is -0.452 e. The molecule has 0 saturated heterocycles. The molecule has 1 aromatic carbocycles. The summed E-state index contributed by atoms with van der Waals surface area (Å²) >= 11 is 0. The van der Waals surface area contributed by atoms with E-state index in [2.05, 4.69) is 15.4 Å². The lowest BCUT2D eigenvalue weighted by Crippen LogP contribution is -2.46. The van der Waals surface area contributed by atoms with Crippen molar-refractivity contribution in [3.63, 3.8) is 0 Å². The Balaban J connectivity index is 2.50. The molecular formula is C14H16F2N2O4. The molecule has 8 heteroatoms. The summed E-state index contributed by atoms with van der Waals surface area (Å²) in [6.07, 6.45) is 0. The number of benzene rings is 1. The van der Waals surface area contributed by atoms with Gasteiger partial charge in [0.05, 0.1) is 5.56 Å². The van der Waals surface area contributed by atoms with Crippen LogP contribution < -0.4 is 10.6 Å². The van der Waals surface area contributed by atoms with E-state index in [-0.39, 0.29) is 5.91 Å². The Kier molecular flexibility index (Phi) is 6.43. The highest BCUT2D eigenvalue weighted by atomic mass is 19.1. The second-order valence-corrected chi connectivity index (χ2v) is 4.38. The zero-order valence-corrected chi connectivity index (χ0v) is 12.1. The highest BCUT2D eigenvalue weighted by Gasteiger charge is 2.18. The summed E-state index contributed by atoms with van der Waals surface area (Å²) in [6, 6.07) is 1.56. The highest BCUT2D eigenvalue weighted by molar-refractivity contribution is 5.92. The molecule has 0 bridgehead atoms. The van der Waals surface area contributed by atoms with E-state index >= 15 is 0 Å². The molecule has 0 heterocycles. The van der Waals surface area contributed by atoms with Gasteiger partial charge in [0.25, 0.3) is 5.91 Å². The van der Waals surface area contributed by atoms with E-state index in [4.69, 9.17) is 0 Å². The predicted molar refractivity (Wildman–Crippen MR) is 72.9 cm³/mol. The van der Waals surface area contributed by atoms with Gasteiger partial charge in [0, 0.05) is 12.6 Å². The number of nitrogens with one attached hydrogen (secondary N) is 2. The molecule has 0 aromatic heterocycles. The number of hydrogen-bond donors (Lipinski definition) is 2. The molecule has 22 heavy (non-hydrogen) atoms. The van der Waals surface area contributed by atoms with Crippen molar-refractivity contribution in [3.8, 4) is 0 Å². The van der Waals surface area contributed by atoms with Gasteiger partial charge in [-0.3, -0.25) is 9.59 Å². The first kappa shape index (κ1) is 17.5. The summed E-state index contributed by atoms with van der Waals surface area (Å²) < 4.78 is 30.7. The van der Waals surface area contributed by atoms with E-state index in [9.17, 15) is 23.2 Å². The van der Waals surface area contributed by atoms with Crippen LogP contribution in [-0.4, -0.2) is 37.0 Å². The van der Waals surface area contributed by atoms with Gasteiger partial charge in [0.2, 0.25) is 5.91 Å². The highest BCUT2D eigenvalue weighted by Crippen LogP contribution is 2.10. The van der Waals surface area contributed by atoms with E-state index in [1.807, 2.05) is 0 Å². The molecule has 0 aliphatic rings. The first-order valence-electron chi connectivity index (χ1n) is 6.54. The van der Waals surface area contributed by atoms with E-state index in [0.29, 0.717) is 12.6 Å². The average molecular weight is 314 g/mol. The number of carbonyl (C=O) groups is 3. The second-order valence-electron chi connectivity index (χ2n) is 4.38. The van der Waals surface area contributed by atoms with Crippen LogP contribution in [0.15, 0.2) is 18.2 Å². The fourth-order valence-corrected chi connectivity index (χ4v) is 1.54. The van der Waals surface area contributed by atoms with Gasteiger partial charge in [-0.1, -0.05) is 0 Å². The van der Waals surface area contributed by atoms with Gasteiger partial charge < -0.3 is 15.4 Å². The molecule has 2 amide bonds. The molecule has 120 valence electrons. The summed E-state index contributed by atoms with van der Waals surface area (Å²) in [4.78, 5) is 34.5. The quantitative estimate of drug-likeness (QED) is 0.759. The third-order valence-electron chi connectivity index (χ3n) is 2.61. The Bertz CT molecular complexity index is 578. The molecule has 0 unspecified atom stereocenters. The van der Waals surface area contributed by atoms with E-state index < -0.39 is 41.7 Å². The maximum atomic E-state index is 13.3. The Labute approximate surface area is 125 Å². The van der Waals surface area contributed by atoms with Crippen LogP contribution >= 0.6 is 0 Å². The molecule has 0 aliphatic carbocycles. The summed E-state index contributed by atoms with van der Waals surface area (Å²) in [6.45, 7) is 2.92. The Morgan fingerprint density at radius 1 is 1.27 bits per heavy atom. The van der Waals surface area contributed by atoms with Crippen LogP contribution in [0.2, 0.25) is 0 Å². The number of carbonyl (C=O) groups excluding carboxylic acids is 3. The fraction of sp³-hybridized carbons (Fsp3) is 0.357. The van der Waals surface area contributed by atoms with Gasteiger partial charge in [-0.05, 0) is 26.0 Å². The van der Waals surface area contributed by atoms with Crippen molar-refractivity contribution in [3.05, 3.63) is 35.4 Å². The molecule has 2 N–H and O–H groups in total. The molecule has 6 nitrogen and oxygen atoms in total. The first-order valence-corrected chi connectivity index (χ1v) is 6.54. The van der Waals surface area contributed by atoms with Crippen molar-refractivity contribution in [2.45, 2.75) is 19.9 Å². The minimum atomic E-state index is -1.10. The standard InChI is InChI=1S/C14H16F2N2O4/c1-3-17-13(20)8(2)18-12(19)7-22-14(21)10-5-4-9(15)6-11(10)16/h4-6,8H,3,7H2,1-2H3,(H,17,20)(H,18,19)/t8-/m0/s1. The third-order valence-corrected chi connectivity index (χ3v) is 2.61. The van der Waals surface area contributed by atoms with Crippen molar-refractivity contribution in [2.75, 3.05) is 13.2 Å². The Morgan fingerprint density at radius 3 is 2.55 bits per heavy atom. The number of ether oxygens (including phenoxy) is 1. The van der Waals surface area contributed by atoms with Crippen molar-refractivity contribution >= 4 is 17.8 Å². The monoisotopic (exact) mass is 314 g/mol. The summed E-state index contributed by atoms with van der Waals surface area (Å²) in [5, 5.41) is 4.82. The Morgan fingerprint density at radius 2 is 1.95 bits per heavy atom. The lowest BCUT2D eigenvalue weighted by molar-refractivity contribution is -0.130. The van der Waals surface area contributed by atoms with Crippen molar-refractivity contribution in [1.82, 2.24) is 10.6 Å². The number of rotatable bonds is 6. The minimum absolute atomic E-state index is 0.383. The lowest BCUT2D eigenvalue weighted by Gasteiger charge is -2.13. The molecular weight excluding hydrogens is 298 g/mol. The maximum absolute atomic E-state index is 13.3. The largest absolute Gasteiger partial charge is 0.452 e. The van der Waals surface area contributed by atoms with Crippen molar-refractivity contribution in [1.29, 1.82) is 0 Å². The molecule has 1 rings (SSSR count). The summed E-state index contributed by atoms with van der Waals surface area (Å²) in [7, 11) is 0. The number of hydrogen-bond acceptors (Lipinski definition) is 4. The number of halogens is 2. The van der Waals surface area contributed by atoms with Crippen molar-refractivity contribution < 1.29 is 27.9 Å². The zero-order valence-electron chi connectivity index (χ0n) is 12.1. The molecule has 1 atom stereocenters. The van der Waals surface area contributed by atoms with E-state index in [1.165, 1.54) is 6.92 Å². The predicted octanol–water partition coefficient (Wildman–Crippen LogP) is 0.762. The van der Waals surface area contributed by atoms with Crippen LogP contribution in [0, 0.1) is 11.6 Å². The van der Waals surface area contributed by atoms with Crippen LogP contribution in [-0.2, 0) is 14.3 Å². The topological polar surface area (TPSA) is 84.5 Å². The molecule has 1 aromatic rings. The molecule has 0 saturated carbocycles. The fourth-order valence-electron chi connectivity index (χ4n) is 1.54. The van der Waals surface area contributed by atoms with Gasteiger partial charge in [0.15, 0.2) is 6.61 Å². The van der Waals surface area contributed by atoms with Crippen LogP contribution in [0.5, 0.6) is 0 Å². The normalized spacial score (nSPS) is 11.5. The first-order chi connectivity index (χ1) is 10.3. The third kappa shape index (κ3) is 5.12. The number of likely N-dealkylation sites (N-methyl/N-ethyl adjacent to an activating group) is 1. The van der Waals surface area contributed by atoms with Crippen LogP contribution in [0.3, 0.4) is 0 Å². The summed E-state index contributed by atoms with van der Waals surface area (Å²) in [5.74, 6) is -4.11. The van der Waals surface area contributed by atoms with Crippen LogP contribution in [0.25, 0.3) is 0 Å². The number of esters is 1. The smallest absolute Gasteiger partial charge is 0.341 e. The Hall–Kier alpha value is -2.51. The zero-order chi connectivity index (χ0) is 16.7. The van der Waals surface area contributed by atoms with Crippen molar-refractivity contribution in [2.24, 2.45) is 0 Å². The molecule has 0 radical (unpaired) electrons. The van der Waals surface area contributed by atoms with Gasteiger partial charge in [-0.15, -0.1) is 0 Å². The van der Waals surface area contributed by atoms with E-state index in [1.54, 1.807) is 6.92 Å². The van der Waals surface area contributed by atoms with Gasteiger partial charge >= 0.3 is 5.97 Å². The maximum Gasteiger partial charge on any atom is 0.341 e. The molecule has 0 spiro atoms. The van der Waals surface area contributed by atoms with E-state index in [0.717, 1.165) is 12.1 Å². The number of amides is 2. The molecule has 0 aliphatic heterocycles. The second kappa shape index (κ2) is 8.06. The molecule has 0 fully saturated rings. The summed E-state index contributed by atoms with van der Waals surface area (Å²) in [5.41, 5.74) is -0.481. The average Bonchev–Trinajstić information content (AvgIpc) is 2.45. The van der Waals surface area contributed by atoms with Gasteiger partial charge in [0.1, 0.15) is 17.7 Å². The lowest BCUT2D eigenvalue weighted by atomic mass is 10.2. The SMILES string of the molecule is CCNC(=O)[C@H](C)NC(=O)COC(=O)c1ccc(F)cc1F. The van der Waals surface area contributed by atoms with Crippen LogP contribution in [0.4, 0.5) is 8.78 Å². The van der Waals surface area contributed by atoms with Gasteiger partial charge in [-0.25, -0.2) is 13.6 Å².